The van der Waals surface area contributed by atoms with E-state index in [2.05, 4.69) is 72.8 Å². The summed E-state index contributed by atoms with van der Waals surface area (Å²) in [5, 5.41) is 6.12. The van der Waals surface area contributed by atoms with Crippen LogP contribution in [0.1, 0.15) is 83.2 Å². The summed E-state index contributed by atoms with van der Waals surface area (Å²) in [6.45, 7) is 15.6. The molecule has 40 heavy (non-hydrogen) atoms. The standard InChI is InChI=1S/C24H34N6O.C4H6Cl2.C3H4/c1-6-17(4)14-30-23-21(22(27-30)16(2)3)24(31)26-20(25-23)13-18-9-10-19(28(18)5)15-29-11-7-8-12-29;1-4(6)2-3-5;1-3-2/h6,9-10,16H,7-8,11-15H2,1-5H3,(H,25,26,31);2H,3H2,1H3;1H,2H3/b17-6-;4-2+;. The number of nitrogens with one attached hydrogen (secondary N) is 1. The van der Waals surface area contributed by atoms with Gasteiger partial charge in [0.15, 0.2) is 5.65 Å². The monoisotopic (exact) mass is 586 g/mol. The second kappa shape index (κ2) is 16.5. The van der Waals surface area contributed by atoms with Gasteiger partial charge >= 0.3 is 0 Å². The molecule has 1 aliphatic rings. The highest BCUT2D eigenvalue weighted by Gasteiger charge is 2.20. The van der Waals surface area contributed by atoms with Crippen LogP contribution in [-0.2, 0) is 26.6 Å². The average Bonchev–Trinajstić information content (AvgIpc) is 3.62. The Hall–Kier alpha value is -2.79. The van der Waals surface area contributed by atoms with E-state index < -0.39 is 0 Å². The van der Waals surface area contributed by atoms with Crippen molar-refractivity contribution in [3.63, 3.8) is 0 Å². The van der Waals surface area contributed by atoms with Gasteiger partial charge in [-0.1, -0.05) is 43.2 Å². The van der Waals surface area contributed by atoms with Gasteiger partial charge in [-0.3, -0.25) is 9.69 Å². The summed E-state index contributed by atoms with van der Waals surface area (Å²) < 4.78 is 4.12. The summed E-state index contributed by atoms with van der Waals surface area (Å²) in [6, 6.07) is 4.34. The molecule has 1 saturated heterocycles. The first-order valence-corrected chi connectivity index (χ1v) is 14.7. The lowest BCUT2D eigenvalue weighted by molar-refractivity contribution is 0.323. The predicted octanol–water partition coefficient (Wildman–Crippen LogP) is 6.74. The molecule has 218 valence electrons. The van der Waals surface area contributed by atoms with E-state index in [0.29, 0.717) is 35.7 Å². The summed E-state index contributed by atoms with van der Waals surface area (Å²) in [6.07, 6.45) is 11.6. The first kappa shape index (κ1) is 33.4. The largest absolute Gasteiger partial charge is 0.350 e. The van der Waals surface area contributed by atoms with Crippen LogP contribution in [0.25, 0.3) is 11.0 Å². The van der Waals surface area contributed by atoms with Crippen LogP contribution in [0.4, 0.5) is 0 Å². The van der Waals surface area contributed by atoms with Crippen LogP contribution in [-0.4, -0.2) is 48.2 Å². The van der Waals surface area contributed by atoms with Crippen LogP contribution in [0.2, 0.25) is 0 Å². The summed E-state index contributed by atoms with van der Waals surface area (Å²) in [5.74, 6) is 3.60. The zero-order valence-corrected chi connectivity index (χ0v) is 26.5. The van der Waals surface area contributed by atoms with Crippen molar-refractivity contribution in [2.75, 3.05) is 19.0 Å². The maximum atomic E-state index is 13.0. The van der Waals surface area contributed by atoms with Gasteiger partial charge in [0.25, 0.3) is 5.56 Å². The predicted molar refractivity (Wildman–Crippen MR) is 169 cm³/mol. The Morgan fingerprint density at radius 3 is 2.38 bits per heavy atom. The maximum absolute atomic E-state index is 13.0. The van der Waals surface area contributed by atoms with Gasteiger partial charge in [0.1, 0.15) is 11.2 Å². The molecule has 0 amide bonds. The molecule has 0 saturated carbocycles. The number of H-pyrrole nitrogens is 1. The fourth-order valence-corrected chi connectivity index (χ4v) is 4.85. The number of alkyl halides is 1. The van der Waals surface area contributed by atoms with Crippen molar-refractivity contribution in [1.29, 1.82) is 0 Å². The van der Waals surface area contributed by atoms with Crippen molar-refractivity contribution in [2.24, 2.45) is 7.05 Å². The Labute approximate surface area is 249 Å². The highest BCUT2D eigenvalue weighted by molar-refractivity contribution is 6.30. The van der Waals surface area contributed by atoms with Crippen molar-refractivity contribution in [3.8, 4) is 12.3 Å². The van der Waals surface area contributed by atoms with Crippen LogP contribution in [0.3, 0.4) is 0 Å². The zero-order valence-electron chi connectivity index (χ0n) is 25.0. The molecule has 3 aromatic heterocycles. The Bertz CT molecular complexity index is 1390. The molecule has 0 aliphatic carbocycles. The second-order valence-corrected chi connectivity index (χ2v) is 11.2. The molecule has 0 unspecified atom stereocenters. The minimum atomic E-state index is -0.0976. The number of hydrogen-bond donors (Lipinski definition) is 1. The van der Waals surface area contributed by atoms with E-state index in [1.54, 1.807) is 19.9 Å². The van der Waals surface area contributed by atoms with Crippen molar-refractivity contribution >= 4 is 34.2 Å². The van der Waals surface area contributed by atoms with Crippen molar-refractivity contribution in [3.05, 3.63) is 68.2 Å². The summed E-state index contributed by atoms with van der Waals surface area (Å²) in [5.41, 5.74) is 5.03. The Balaban J connectivity index is 0.000000544. The molecule has 0 spiro atoms. The Morgan fingerprint density at radius 1 is 1.23 bits per heavy atom. The highest BCUT2D eigenvalue weighted by atomic mass is 35.5. The van der Waals surface area contributed by atoms with Crippen LogP contribution < -0.4 is 5.56 Å². The van der Waals surface area contributed by atoms with E-state index >= 15 is 0 Å². The fourth-order valence-electron chi connectivity index (χ4n) is 4.46. The highest BCUT2D eigenvalue weighted by Crippen LogP contribution is 2.22. The first-order chi connectivity index (χ1) is 19.1. The lowest BCUT2D eigenvalue weighted by atomic mass is 10.1. The Kier molecular flexibility index (Phi) is 13.8. The number of allylic oxidation sites excluding steroid dienone is 4. The normalized spacial score (nSPS) is 14.1. The molecular weight excluding hydrogens is 543 g/mol. The van der Waals surface area contributed by atoms with Gasteiger partial charge < -0.3 is 9.55 Å². The summed E-state index contributed by atoms with van der Waals surface area (Å²) in [7, 11) is 2.11. The molecule has 9 heteroatoms. The first-order valence-electron chi connectivity index (χ1n) is 13.8. The Morgan fingerprint density at radius 2 is 1.85 bits per heavy atom. The van der Waals surface area contributed by atoms with E-state index in [4.69, 9.17) is 33.3 Å². The van der Waals surface area contributed by atoms with Gasteiger partial charge in [0, 0.05) is 42.3 Å². The van der Waals surface area contributed by atoms with Gasteiger partial charge in [-0.2, -0.15) is 5.10 Å². The van der Waals surface area contributed by atoms with E-state index in [9.17, 15) is 4.79 Å². The van der Waals surface area contributed by atoms with Crippen molar-refractivity contribution in [1.82, 2.24) is 29.2 Å². The van der Waals surface area contributed by atoms with Gasteiger partial charge in [0.05, 0.1) is 12.2 Å². The van der Waals surface area contributed by atoms with Crippen LogP contribution in [0.5, 0.6) is 0 Å². The SMILES string of the molecule is C#CC.C/C(Cl)=C\CCl.C/C=C(/C)Cn1nc(C(C)C)c2c(=O)[nH]c(Cc3ccc(CN4CCCC4)n3C)nc21. The summed E-state index contributed by atoms with van der Waals surface area (Å²) >= 11 is 10.6. The third-order valence-electron chi connectivity index (χ3n) is 6.74. The van der Waals surface area contributed by atoms with Gasteiger partial charge in [0.2, 0.25) is 0 Å². The van der Waals surface area contributed by atoms with Crippen LogP contribution in [0.15, 0.2) is 39.7 Å². The maximum Gasteiger partial charge on any atom is 0.262 e. The molecule has 3 aromatic rings. The number of halogens is 2. The molecule has 4 heterocycles. The average molecular weight is 588 g/mol. The minimum Gasteiger partial charge on any atom is -0.350 e. The number of aromatic nitrogens is 5. The van der Waals surface area contributed by atoms with E-state index in [1.807, 2.05) is 11.6 Å². The van der Waals surface area contributed by atoms with Gasteiger partial charge in [-0.05, 0) is 71.7 Å². The van der Waals surface area contributed by atoms with E-state index in [0.717, 1.165) is 23.0 Å². The molecule has 1 fully saturated rings. The van der Waals surface area contributed by atoms with Gasteiger partial charge in [-0.15, -0.1) is 23.9 Å². The van der Waals surface area contributed by atoms with Crippen molar-refractivity contribution in [2.45, 2.75) is 79.8 Å². The fraction of sp³-hybridized carbons (Fsp3) is 0.516. The van der Waals surface area contributed by atoms with Crippen molar-refractivity contribution < 1.29 is 0 Å². The van der Waals surface area contributed by atoms with Gasteiger partial charge in [-0.25, -0.2) is 9.67 Å². The van der Waals surface area contributed by atoms with Crippen LogP contribution in [0, 0.1) is 12.3 Å². The summed E-state index contributed by atoms with van der Waals surface area (Å²) in [4.78, 5) is 23.4. The molecular formula is C31H44Cl2N6O. The molecule has 0 aromatic carbocycles. The zero-order chi connectivity index (χ0) is 29.8. The van der Waals surface area contributed by atoms with E-state index in [1.165, 1.54) is 37.2 Å². The quantitative estimate of drug-likeness (QED) is 0.180. The third-order valence-corrected chi connectivity index (χ3v) is 7.05. The number of rotatable bonds is 8. The molecule has 1 N–H and O–H groups in total. The molecule has 0 radical (unpaired) electrons. The lowest BCUT2D eigenvalue weighted by Gasteiger charge is -2.16. The van der Waals surface area contributed by atoms with E-state index in [-0.39, 0.29) is 11.5 Å². The number of likely N-dealkylation sites (tertiary alicyclic amines) is 1. The third kappa shape index (κ3) is 9.40. The second-order valence-electron chi connectivity index (χ2n) is 10.3. The number of hydrogen-bond acceptors (Lipinski definition) is 4. The smallest absolute Gasteiger partial charge is 0.262 e. The number of aromatic amines is 1. The molecule has 0 atom stereocenters. The number of terminal acetylenes is 1. The minimum absolute atomic E-state index is 0.0976. The van der Waals surface area contributed by atoms with Crippen LogP contribution >= 0.6 is 23.2 Å². The molecule has 0 bridgehead atoms. The molecule has 4 rings (SSSR count). The number of fused-ring (bicyclic) bond motifs is 1. The number of nitrogens with zero attached hydrogens (tertiary/aromatic N) is 5. The molecule has 7 nitrogen and oxygen atoms in total. The lowest BCUT2D eigenvalue weighted by Crippen LogP contribution is -2.20. The molecule has 1 aliphatic heterocycles. The topological polar surface area (TPSA) is 71.7 Å².